The molecule has 0 radical (unpaired) electrons. The molecule has 49 heavy (non-hydrogen) atoms. The lowest BCUT2D eigenvalue weighted by Crippen LogP contribution is -2.20. The van der Waals surface area contributed by atoms with E-state index in [1.165, 1.54) is 167 Å². The summed E-state index contributed by atoms with van der Waals surface area (Å²) in [6.07, 6.45) is 37.9. The van der Waals surface area contributed by atoms with Crippen LogP contribution in [0.3, 0.4) is 0 Å². The van der Waals surface area contributed by atoms with Gasteiger partial charge < -0.3 is 14.6 Å². The quantitative estimate of drug-likeness (QED) is 0.0767. The Hall–Kier alpha value is -1.38. The maximum atomic E-state index is 11.6. The second-order valence-electron chi connectivity index (χ2n) is 17.4. The summed E-state index contributed by atoms with van der Waals surface area (Å²) < 4.78 is 13.0. The fourth-order valence-corrected chi connectivity index (χ4v) is 7.10. The van der Waals surface area contributed by atoms with E-state index in [0.29, 0.717) is 19.0 Å². The number of phenolic OH excluding ortho intramolecular Hbond substituents is 1. The lowest BCUT2D eigenvalue weighted by molar-refractivity contribution is 0.249. The Morgan fingerprint density at radius 1 is 0.429 bits per heavy atom. The van der Waals surface area contributed by atoms with Crippen LogP contribution in [-0.2, 0) is 10.8 Å². The Balaban J connectivity index is 2.50. The summed E-state index contributed by atoms with van der Waals surface area (Å²) >= 11 is 0. The summed E-state index contributed by atoms with van der Waals surface area (Å²) in [4.78, 5) is 0. The second kappa shape index (κ2) is 28.2. The molecule has 0 unspecified atom stereocenters. The Morgan fingerprint density at radius 3 is 1.04 bits per heavy atom. The van der Waals surface area contributed by atoms with E-state index in [1.807, 2.05) is 0 Å². The van der Waals surface area contributed by atoms with Crippen molar-refractivity contribution in [3.63, 3.8) is 0 Å². The van der Waals surface area contributed by atoms with Crippen LogP contribution in [0.1, 0.15) is 246 Å². The minimum atomic E-state index is -0.261. The minimum Gasteiger partial charge on any atom is -0.507 e. The number of rotatable bonds is 32. The van der Waals surface area contributed by atoms with Gasteiger partial charge in [0.25, 0.3) is 0 Å². The lowest BCUT2D eigenvalue weighted by Gasteiger charge is -2.30. The van der Waals surface area contributed by atoms with Gasteiger partial charge in [0, 0.05) is 11.1 Å². The molecule has 0 aromatic heterocycles. The van der Waals surface area contributed by atoms with Crippen LogP contribution in [0, 0.1) is 0 Å². The van der Waals surface area contributed by atoms with E-state index in [-0.39, 0.29) is 10.8 Å². The molecule has 0 fully saturated rings. The maximum Gasteiger partial charge on any atom is 0.168 e. The summed E-state index contributed by atoms with van der Waals surface area (Å²) in [6, 6.07) is 2.06. The smallest absolute Gasteiger partial charge is 0.168 e. The first kappa shape index (κ1) is 45.6. The summed E-state index contributed by atoms with van der Waals surface area (Å²) in [5.41, 5.74) is 1.38. The third-order valence-corrected chi connectivity index (χ3v) is 10.3. The van der Waals surface area contributed by atoms with Crippen molar-refractivity contribution < 1.29 is 14.6 Å². The van der Waals surface area contributed by atoms with Crippen molar-refractivity contribution in [2.24, 2.45) is 0 Å². The average Bonchev–Trinajstić information content (AvgIpc) is 3.04. The van der Waals surface area contributed by atoms with Gasteiger partial charge in [-0.2, -0.15) is 0 Å². The molecule has 1 aromatic rings. The fourth-order valence-electron chi connectivity index (χ4n) is 7.10. The highest BCUT2D eigenvalue weighted by Gasteiger charge is 2.32. The Bertz CT molecular complexity index is 906. The topological polar surface area (TPSA) is 38.7 Å². The van der Waals surface area contributed by atoms with Crippen LogP contribution in [-0.4, -0.2) is 18.3 Å². The van der Waals surface area contributed by atoms with E-state index in [9.17, 15) is 5.11 Å². The SMILES string of the molecule is CCCCCCCCCCCCCCCCOc1cc(C(C)(C)C)c(O)c(C(C)(C)C)c1OCCCCCCCCCCCCCCCC. The highest BCUT2D eigenvalue weighted by Crippen LogP contribution is 2.49. The van der Waals surface area contributed by atoms with Crippen LogP contribution < -0.4 is 9.47 Å². The highest BCUT2D eigenvalue weighted by atomic mass is 16.5. The zero-order valence-corrected chi connectivity index (χ0v) is 34.6. The van der Waals surface area contributed by atoms with Crippen molar-refractivity contribution >= 4 is 0 Å². The second-order valence-corrected chi connectivity index (χ2v) is 17.4. The molecule has 0 aliphatic rings. The molecule has 288 valence electrons. The summed E-state index contributed by atoms with van der Waals surface area (Å²) in [5.74, 6) is 1.95. The van der Waals surface area contributed by atoms with E-state index >= 15 is 0 Å². The molecule has 0 atom stereocenters. The monoisotopic (exact) mass is 687 g/mol. The van der Waals surface area contributed by atoms with Crippen LogP contribution in [0.15, 0.2) is 6.07 Å². The molecule has 0 aliphatic carbocycles. The van der Waals surface area contributed by atoms with Crippen LogP contribution in [0.4, 0.5) is 0 Å². The standard InChI is InChI=1S/C46H86O3/c1-9-11-13-15-17-19-21-23-25-27-29-31-33-35-37-48-41-39-40(45(3,4)5)43(47)42(46(6,7)8)44(41)49-38-36-34-32-30-28-26-24-22-20-18-16-14-12-10-2/h39,47H,9-38H2,1-8H3. The molecule has 1 rings (SSSR count). The lowest BCUT2D eigenvalue weighted by atomic mass is 9.78. The van der Waals surface area contributed by atoms with Gasteiger partial charge in [-0.3, -0.25) is 0 Å². The molecule has 0 saturated carbocycles. The molecule has 0 heterocycles. The zero-order valence-electron chi connectivity index (χ0n) is 34.6. The van der Waals surface area contributed by atoms with Crippen LogP contribution in [0.25, 0.3) is 0 Å². The maximum absolute atomic E-state index is 11.6. The number of hydrogen-bond donors (Lipinski definition) is 1. The third-order valence-electron chi connectivity index (χ3n) is 10.3. The number of ether oxygens (including phenoxy) is 2. The van der Waals surface area contributed by atoms with Crippen LogP contribution in [0.5, 0.6) is 17.2 Å². The van der Waals surface area contributed by atoms with Gasteiger partial charge in [0.15, 0.2) is 11.5 Å². The minimum absolute atomic E-state index is 0.190. The Labute approximate surface area is 307 Å². The van der Waals surface area contributed by atoms with Crippen molar-refractivity contribution in [3.8, 4) is 17.2 Å². The van der Waals surface area contributed by atoms with Crippen LogP contribution >= 0.6 is 0 Å². The van der Waals surface area contributed by atoms with Gasteiger partial charge in [0.05, 0.1) is 13.2 Å². The first-order valence-electron chi connectivity index (χ1n) is 21.7. The Morgan fingerprint density at radius 2 is 0.735 bits per heavy atom. The normalized spacial score (nSPS) is 12.2. The van der Waals surface area contributed by atoms with Crippen molar-refractivity contribution in [1.82, 2.24) is 0 Å². The molecule has 0 saturated heterocycles. The van der Waals surface area contributed by atoms with Gasteiger partial charge in [-0.05, 0) is 29.7 Å². The van der Waals surface area contributed by atoms with E-state index in [1.54, 1.807) is 0 Å². The predicted octanol–water partition coefficient (Wildman–Crippen LogP) is 15.7. The van der Waals surface area contributed by atoms with Gasteiger partial charge in [-0.1, -0.05) is 222 Å². The number of phenols is 1. The zero-order chi connectivity index (χ0) is 36.2. The molecule has 3 nitrogen and oxygen atoms in total. The van der Waals surface area contributed by atoms with Crippen molar-refractivity contribution in [2.75, 3.05) is 13.2 Å². The number of aromatic hydroxyl groups is 1. The Kier molecular flexibility index (Phi) is 26.3. The van der Waals surface area contributed by atoms with E-state index in [2.05, 4.69) is 61.5 Å². The number of benzene rings is 1. The highest BCUT2D eigenvalue weighted by molar-refractivity contribution is 5.61. The molecule has 0 amide bonds. The summed E-state index contributed by atoms with van der Waals surface area (Å²) in [7, 11) is 0. The molecular weight excluding hydrogens is 601 g/mol. The van der Waals surface area contributed by atoms with E-state index < -0.39 is 0 Å². The van der Waals surface area contributed by atoms with Gasteiger partial charge in [0.2, 0.25) is 0 Å². The average molecular weight is 687 g/mol. The third kappa shape index (κ3) is 22.2. The molecular formula is C46H86O3. The van der Waals surface area contributed by atoms with E-state index in [0.717, 1.165) is 35.5 Å². The van der Waals surface area contributed by atoms with Gasteiger partial charge in [-0.25, -0.2) is 0 Å². The van der Waals surface area contributed by atoms with Gasteiger partial charge >= 0.3 is 0 Å². The van der Waals surface area contributed by atoms with Crippen molar-refractivity contribution in [2.45, 2.75) is 246 Å². The number of hydrogen-bond acceptors (Lipinski definition) is 3. The van der Waals surface area contributed by atoms with Gasteiger partial charge in [-0.15, -0.1) is 0 Å². The molecule has 0 spiro atoms. The van der Waals surface area contributed by atoms with E-state index in [4.69, 9.17) is 9.47 Å². The molecule has 1 N–H and O–H groups in total. The summed E-state index contributed by atoms with van der Waals surface area (Å²) in [6.45, 7) is 19.0. The van der Waals surface area contributed by atoms with Crippen molar-refractivity contribution in [3.05, 3.63) is 17.2 Å². The van der Waals surface area contributed by atoms with Crippen LogP contribution in [0.2, 0.25) is 0 Å². The fraction of sp³-hybridized carbons (Fsp3) is 0.870. The first-order chi connectivity index (χ1) is 23.5. The van der Waals surface area contributed by atoms with Crippen molar-refractivity contribution in [1.29, 1.82) is 0 Å². The number of unbranched alkanes of at least 4 members (excludes halogenated alkanes) is 26. The van der Waals surface area contributed by atoms with Gasteiger partial charge in [0.1, 0.15) is 5.75 Å². The molecule has 3 heteroatoms. The molecule has 1 aromatic carbocycles. The predicted molar refractivity (Wildman–Crippen MR) is 217 cm³/mol. The largest absolute Gasteiger partial charge is 0.507 e. The summed E-state index contributed by atoms with van der Waals surface area (Å²) in [5, 5.41) is 11.6. The molecule has 0 bridgehead atoms. The molecule has 0 aliphatic heterocycles. The first-order valence-corrected chi connectivity index (χ1v) is 21.7.